The highest BCUT2D eigenvalue weighted by molar-refractivity contribution is 9.10. The monoisotopic (exact) mass is 202 g/mol. The number of phenolic OH excluding ortho intramolecular Hbond substituents is 2. The van der Waals surface area contributed by atoms with Crippen LogP contribution >= 0.6 is 15.9 Å². The molecule has 0 saturated heterocycles. The second-order valence-electron chi connectivity index (χ2n) is 2.09. The van der Waals surface area contributed by atoms with E-state index in [4.69, 9.17) is 10.2 Å². The lowest BCUT2D eigenvalue weighted by molar-refractivity contribution is 0.446. The maximum absolute atomic E-state index is 9.04. The Morgan fingerprint density at radius 1 is 1.20 bits per heavy atom. The Hall–Kier alpha value is -0.700. The summed E-state index contributed by atoms with van der Waals surface area (Å²) in [6, 6.07) is 2.96. The van der Waals surface area contributed by atoms with E-state index in [1.165, 1.54) is 6.07 Å². The molecule has 0 unspecified atom stereocenters. The van der Waals surface area contributed by atoms with E-state index >= 15 is 0 Å². The Bertz CT molecular complexity index is 208. The largest absolute Gasteiger partial charge is 0.508 e. The van der Waals surface area contributed by atoms with E-state index in [0.717, 1.165) is 5.56 Å². The van der Waals surface area contributed by atoms with Gasteiger partial charge in [0.15, 0.2) is 0 Å². The molecule has 10 heavy (non-hydrogen) atoms. The van der Waals surface area contributed by atoms with Gasteiger partial charge in [0.05, 0.1) is 4.47 Å². The number of aromatic hydroxyl groups is 2. The number of aryl methyl sites for hydroxylation is 1. The molecule has 0 aliphatic carbocycles. The van der Waals surface area contributed by atoms with Gasteiger partial charge in [-0.15, -0.1) is 0 Å². The van der Waals surface area contributed by atoms with E-state index < -0.39 is 0 Å². The molecule has 1 aromatic rings. The molecule has 0 bridgehead atoms. The van der Waals surface area contributed by atoms with Gasteiger partial charge in [-0.1, -0.05) is 0 Å². The predicted molar refractivity (Wildman–Crippen MR) is 42.2 cm³/mol. The van der Waals surface area contributed by atoms with E-state index in [1.807, 2.05) is 0 Å². The molecule has 2 N–H and O–H groups in total. The van der Waals surface area contributed by atoms with Crippen molar-refractivity contribution < 1.29 is 10.2 Å². The summed E-state index contributed by atoms with van der Waals surface area (Å²) in [5.74, 6) is 0.170. The molecule has 1 rings (SSSR count). The topological polar surface area (TPSA) is 40.5 Å². The second-order valence-corrected chi connectivity index (χ2v) is 2.94. The van der Waals surface area contributed by atoms with Gasteiger partial charge in [0.2, 0.25) is 0 Å². The fraction of sp³-hybridized carbons (Fsp3) is 0.143. The van der Waals surface area contributed by atoms with Crippen molar-refractivity contribution in [3.8, 4) is 11.5 Å². The Balaban J connectivity index is 3.28. The standard InChI is InChI=1S/C7H7BrO2/c1-4-2-5(8)7(10)3-6(4)9/h2-3,9-10H,1H3. The van der Waals surface area contributed by atoms with Gasteiger partial charge >= 0.3 is 0 Å². The highest BCUT2D eigenvalue weighted by Gasteiger charge is 2.01. The second kappa shape index (κ2) is 2.50. The number of halogens is 1. The Morgan fingerprint density at radius 2 is 1.80 bits per heavy atom. The molecule has 3 heteroatoms. The van der Waals surface area contributed by atoms with Crippen molar-refractivity contribution >= 4 is 15.9 Å². The molecule has 0 atom stereocenters. The first-order chi connectivity index (χ1) is 4.61. The molecule has 0 fully saturated rings. The molecule has 0 aromatic heterocycles. The van der Waals surface area contributed by atoms with Crippen molar-refractivity contribution in [3.63, 3.8) is 0 Å². The molecule has 0 amide bonds. The molecule has 0 aliphatic rings. The summed E-state index contributed by atoms with van der Waals surface area (Å²) >= 11 is 3.12. The van der Waals surface area contributed by atoms with E-state index in [1.54, 1.807) is 13.0 Å². The highest BCUT2D eigenvalue weighted by Crippen LogP contribution is 2.30. The first kappa shape index (κ1) is 7.41. The van der Waals surface area contributed by atoms with Crippen molar-refractivity contribution in [2.45, 2.75) is 6.92 Å². The van der Waals surface area contributed by atoms with Gasteiger partial charge in [0, 0.05) is 6.07 Å². The van der Waals surface area contributed by atoms with Crippen LogP contribution in [-0.4, -0.2) is 10.2 Å². The average Bonchev–Trinajstić information content (AvgIpc) is 1.84. The van der Waals surface area contributed by atoms with Crippen molar-refractivity contribution in [1.29, 1.82) is 0 Å². The zero-order valence-electron chi connectivity index (χ0n) is 5.43. The van der Waals surface area contributed by atoms with Crippen LogP contribution in [0.15, 0.2) is 16.6 Å². The van der Waals surface area contributed by atoms with Crippen LogP contribution in [0, 0.1) is 6.92 Å². The number of hydrogen-bond acceptors (Lipinski definition) is 2. The van der Waals surface area contributed by atoms with Crippen LogP contribution in [0.1, 0.15) is 5.56 Å². The van der Waals surface area contributed by atoms with Crippen molar-refractivity contribution in [2.24, 2.45) is 0 Å². The van der Waals surface area contributed by atoms with Crippen molar-refractivity contribution in [2.75, 3.05) is 0 Å². The van der Waals surface area contributed by atoms with Gasteiger partial charge in [-0.2, -0.15) is 0 Å². The number of rotatable bonds is 0. The maximum Gasteiger partial charge on any atom is 0.133 e. The summed E-state index contributed by atoms with van der Waals surface area (Å²) in [5.41, 5.74) is 0.740. The lowest BCUT2D eigenvalue weighted by Crippen LogP contribution is -1.75. The summed E-state index contributed by atoms with van der Waals surface area (Å²) in [6.45, 7) is 1.76. The van der Waals surface area contributed by atoms with E-state index in [-0.39, 0.29) is 11.5 Å². The molecular formula is C7H7BrO2. The molecule has 1 aromatic carbocycles. The van der Waals surface area contributed by atoms with Crippen molar-refractivity contribution in [1.82, 2.24) is 0 Å². The normalized spacial score (nSPS) is 9.80. The maximum atomic E-state index is 9.04. The van der Waals surface area contributed by atoms with E-state index in [2.05, 4.69) is 15.9 Å². The molecule has 0 aliphatic heterocycles. The molecule has 2 nitrogen and oxygen atoms in total. The number of phenols is 2. The SMILES string of the molecule is Cc1cc(Br)c(O)cc1O. The minimum absolute atomic E-state index is 0.0584. The molecule has 54 valence electrons. The lowest BCUT2D eigenvalue weighted by atomic mass is 10.2. The summed E-state index contributed by atoms with van der Waals surface area (Å²) < 4.78 is 0.600. The summed E-state index contributed by atoms with van der Waals surface area (Å²) in [4.78, 5) is 0. The Kier molecular flexibility index (Phi) is 1.85. The summed E-state index contributed by atoms with van der Waals surface area (Å²) in [6.07, 6.45) is 0. The zero-order chi connectivity index (χ0) is 7.72. The average molecular weight is 203 g/mol. The van der Waals surface area contributed by atoms with Gasteiger partial charge in [0.1, 0.15) is 11.5 Å². The van der Waals surface area contributed by atoms with Crippen LogP contribution < -0.4 is 0 Å². The van der Waals surface area contributed by atoms with Crippen LogP contribution in [0.3, 0.4) is 0 Å². The van der Waals surface area contributed by atoms with Crippen LogP contribution in [-0.2, 0) is 0 Å². The number of hydrogen-bond donors (Lipinski definition) is 2. The van der Waals surface area contributed by atoms with Gasteiger partial charge in [-0.3, -0.25) is 0 Å². The molecule has 0 saturated carbocycles. The van der Waals surface area contributed by atoms with Gasteiger partial charge in [-0.25, -0.2) is 0 Å². The zero-order valence-corrected chi connectivity index (χ0v) is 7.01. The fourth-order valence-electron chi connectivity index (χ4n) is 0.650. The van der Waals surface area contributed by atoms with Crippen LogP contribution in [0.2, 0.25) is 0 Å². The molecule has 0 heterocycles. The molecular weight excluding hydrogens is 196 g/mol. The fourth-order valence-corrected chi connectivity index (χ4v) is 1.11. The van der Waals surface area contributed by atoms with Gasteiger partial charge < -0.3 is 10.2 Å². The number of benzene rings is 1. The quantitative estimate of drug-likeness (QED) is 0.678. The first-order valence-corrected chi connectivity index (χ1v) is 3.58. The highest BCUT2D eigenvalue weighted by atomic mass is 79.9. The Morgan fingerprint density at radius 3 is 2.30 bits per heavy atom. The van der Waals surface area contributed by atoms with Crippen LogP contribution in [0.4, 0.5) is 0 Å². The van der Waals surface area contributed by atoms with Gasteiger partial charge in [-0.05, 0) is 34.5 Å². The summed E-state index contributed by atoms with van der Waals surface area (Å²) in [7, 11) is 0. The predicted octanol–water partition coefficient (Wildman–Crippen LogP) is 2.17. The smallest absolute Gasteiger partial charge is 0.133 e. The van der Waals surface area contributed by atoms with Crippen molar-refractivity contribution in [3.05, 3.63) is 22.2 Å². The third-order valence-corrected chi connectivity index (χ3v) is 1.90. The molecule has 0 spiro atoms. The third kappa shape index (κ3) is 1.24. The lowest BCUT2D eigenvalue weighted by Gasteiger charge is -2.00. The van der Waals surface area contributed by atoms with Crippen LogP contribution in [0.5, 0.6) is 11.5 Å². The minimum atomic E-state index is 0.0584. The molecule has 0 radical (unpaired) electrons. The van der Waals surface area contributed by atoms with E-state index in [9.17, 15) is 0 Å². The minimum Gasteiger partial charge on any atom is -0.508 e. The van der Waals surface area contributed by atoms with E-state index in [0.29, 0.717) is 4.47 Å². The summed E-state index contributed by atoms with van der Waals surface area (Å²) in [5, 5.41) is 18.1. The first-order valence-electron chi connectivity index (χ1n) is 2.79. The van der Waals surface area contributed by atoms with Crippen LogP contribution in [0.25, 0.3) is 0 Å². The third-order valence-electron chi connectivity index (χ3n) is 1.27. The Labute approximate surface area is 67.3 Å². The van der Waals surface area contributed by atoms with Gasteiger partial charge in [0.25, 0.3) is 0 Å².